The highest BCUT2D eigenvalue weighted by atomic mass is 19.1. The Bertz CT molecular complexity index is 924. The van der Waals surface area contributed by atoms with Gasteiger partial charge in [-0.25, -0.2) is 13.6 Å². The number of hydrogen-bond acceptors (Lipinski definition) is 6. The third kappa shape index (κ3) is 4.19. The predicted octanol–water partition coefficient (Wildman–Crippen LogP) is 2.58. The minimum absolute atomic E-state index is 0.0672. The maximum absolute atomic E-state index is 15.0. The first-order chi connectivity index (χ1) is 14.8. The molecule has 1 unspecified atom stereocenters. The number of hydrogen-bond donors (Lipinski definition) is 1. The van der Waals surface area contributed by atoms with Gasteiger partial charge in [-0.1, -0.05) is 17.8 Å². The van der Waals surface area contributed by atoms with E-state index >= 15 is 0 Å². The van der Waals surface area contributed by atoms with Gasteiger partial charge in [0.25, 0.3) is 0 Å². The third-order valence-electron chi connectivity index (χ3n) is 5.75. The number of oxime groups is 1. The standard InChI is InChI=1S/C21H24F2N4O4/c1-3-6-30-25-18-11-26(12-21(18)4-5-21)19-16(22)7-14(8-17(19)23)27-10-15(31-20(27)29)9-24-13(2)28/h3,7-8,15H,1,4-6,9-12H2,2H3,(H,24,28). The molecule has 1 saturated carbocycles. The summed E-state index contributed by atoms with van der Waals surface area (Å²) in [5.41, 5.74) is 0.513. The lowest BCUT2D eigenvalue weighted by Crippen LogP contribution is -2.33. The fraction of sp³-hybridized carbons (Fsp3) is 0.476. The summed E-state index contributed by atoms with van der Waals surface area (Å²) in [4.78, 5) is 31.2. The van der Waals surface area contributed by atoms with E-state index in [1.165, 1.54) is 6.92 Å². The Balaban J connectivity index is 1.51. The van der Waals surface area contributed by atoms with Gasteiger partial charge >= 0.3 is 6.09 Å². The van der Waals surface area contributed by atoms with Gasteiger partial charge in [0.2, 0.25) is 5.91 Å². The first-order valence-electron chi connectivity index (χ1n) is 10.1. The van der Waals surface area contributed by atoms with Gasteiger partial charge in [-0.2, -0.15) is 0 Å². The van der Waals surface area contributed by atoms with Crippen LogP contribution >= 0.6 is 0 Å². The lowest BCUT2D eigenvalue weighted by molar-refractivity contribution is -0.119. The van der Waals surface area contributed by atoms with Crippen molar-refractivity contribution in [1.82, 2.24) is 5.32 Å². The van der Waals surface area contributed by atoms with Crippen molar-refractivity contribution in [2.45, 2.75) is 25.9 Å². The molecule has 0 aromatic heterocycles. The Morgan fingerprint density at radius 2 is 2.13 bits per heavy atom. The molecule has 1 aliphatic carbocycles. The molecule has 2 aliphatic heterocycles. The van der Waals surface area contributed by atoms with E-state index in [0.717, 1.165) is 35.6 Å². The number of carbonyl (C=O) groups is 2. The summed E-state index contributed by atoms with van der Waals surface area (Å²) >= 11 is 0. The van der Waals surface area contributed by atoms with Crippen molar-refractivity contribution in [3.8, 4) is 0 Å². The quantitative estimate of drug-likeness (QED) is 0.405. The summed E-state index contributed by atoms with van der Waals surface area (Å²) in [5, 5.41) is 6.71. The van der Waals surface area contributed by atoms with Gasteiger partial charge in [-0.15, -0.1) is 0 Å². The van der Waals surface area contributed by atoms with E-state index in [0.29, 0.717) is 6.54 Å². The molecule has 8 nitrogen and oxygen atoms in total. The Morgan fingerprint density at radius 1 is 1.42 bits per heavy atom. The van der Waals surface area contributed by atoms with Crippen molar-refractivity contribution in [3.63, 3.8) is 0 Å². The normalized spacial score (nSPS) is 22.7. The number of anilines is 2. The molecule has 10 heteroatoms. The summed E-state index contributed by atoms with van der Waals surface area (Å²) < 4.78 is 35.2. The monoisotopic (exact) mass is 434 g/mol. The van der Waals surface area contributed by atoms with E-state index in [9.17, 15) is 18.4 Å². The van der Waals surface area contributed by atoms with E-state index < -0.39 is 23.8 Å². The topological polar surface area (TPSA) is 83.5 Å². The average Bonchev–Trinajstić information content (AvgIpc) is 3.25. The smallest absolute Gasteiger partial charge is 0.414 e. The molecule has 1 aromatic carbocycles. The molecular weight excluding hydrogens is 410 g/mol. The molecule has 1 N–H and O–H groups in total. The van der Waals surface area contributed by atoms with E-state index in [1.807, 2.05) is 0 Å². The number of ether oxygens (including phenoxy) is 1. The number of carbonyl (C=O) groups excluding carboxylic acids is 2. The van der Waals surface area contributed by atoms with Gasteiger partial charge in [-0.3, -0.25) is 9.69 Å². The van der Waals surface area contributed by atoms with E-state index in [1.54, 1.807) is 11.0 Å². The van der Waals surface area contributed by atoms with Crippen LogP contribution in [0.15, 0.2) is 29.9 Å². The molecule has 1 atom stereocenters. The lowest BCUT2D eigenvalue weighted by Gasteiger charge is -2.21. The lowest BCUT2D eigenvalue weighted by atomic mass is 10.1. The zero-order valence-electron chi connectivity index (χ0n) is 17.2. The van der Waals surface area contributed by atoms with Gasteiger partial charge in [0.15, 0.2) is 11.6 Å². The molecule has 2 amide bonds. The van der Waals surface area contributed by atoms with Crippen LogP contribution < -0.4 is 15.1 Å². The molecule has 1 aromatic rings. The van der Waals surface area contributed by atoms with Gasteiger partial charge in [0, 0.05) is 31.0 Å². The SMILES string of the molecule is C=CCON=C1CN(c2c(F)cc(N3CC(CNC(C)=O)OC3=O)cc2F)CC12CC2. The largest absolute Gasteiger partial charge is 0.442 e. The van der Waals surface area contributed by atoms with Crippen molar-refractivity contribution < 1.29 is 27.9 Å². The molecule has 31 heavy (non-hydrogen) atoms. The van der Waals surface area contributed by atoms with Crippen LogP contribution in [0.4, 0.5) is 25.0 Å². The van der Waals surface area contributed by atoms with Gasteiger partial charge in [0.1, 0.15) is 18.4 Å². The number of nitrogens with one attached hydrogen (secondary N) is 1. The van der Waals surface area contributed by atoms with Crippen molar-refractivity contribution in [2.75, 3.05) is 42.6 Å². The molecule has 166 valence electrons. The minimum Gasteiger partial charge on any atom is -0.442 e. The van der Waals surface area contributed by atoms with Crippen LogP contribution in [0.25, 0.3) is 0 Å². The second-order valence-electron chi connectivity index (χ2n) is 8.07. The first kappa shape index (κ1) is 21.1. The first-order valence-corrected chi connectivity index (χ1v) is 10.1. The van der Waals surface area contributed by atoms with E-state index in [-0.39, 0.29) is 48.9 Å². The summed E-state index contributed by atoms with van der Waals surface area (Å²) in [5.74, 6) is -1.79. The summed E-state index contributed by atoms with van der Waals surface area (Å²) in [6, 6.07) is 2.26. The average molecular weight is 434 g/mol. The highest BCUT2D eigenvalue weighted by Crippen LogP contribution is 2.52. The summed E-state index contributed by atoms with van der Waals surface area (Å²) in [7, 11) is 0. The molecule has 2 saturated heterocycles. The fourth-order valence-electron chi connectivity index (χ4n) is 4.02. The van der Waals surface area contributed by atoms with E-state index in [4.69, 9.17) is 9.57 Å². The molecule has 0 bridgehead atoms. The Morgan fingerprint density at radius 3 is 2.74 bits per heavy atom. The number of rotatable bonds is 7. The van der Waals surface area contributed by atoms with Gasteiger partial charge < -0.3 is 19.8 Å². The van der Waals surface area contributed by atoms with Crippen LogP contribution in [0, 0.1) is 17.0 Å². The molecule has 1 spiro atoms. The minimum atomic E-state index is -0.767. The molecule has 3 aliphatic rings. The van der Waals surface area contributed by atoms with Crippen LogP contribution in [0.2, 0.25) is 0 Å². The zero-order valence-corrected chi connectivity index (χ0v) is 17.2. The van der Waals surface area contributed by atoms with Crippen LogP contribution in [-0.2, 0) is 14.4 Å². The van der Waals surface area contributed by atoms with Gasteiger partial charge in [0.05, 0.1) is 31.0 Å². The highest BCUT2D eigenvalue weighted by Gasteiger charge is 2.54. The van der Waals surface area contributed by atoms with Crippen molar-refractivity contribution in [1.29, 1.82) is 0 Å². The predicted molar refractivity (Wildman–Crippen MR) is 110 cm³/mol. The summed E-state index contributed by atoms with van der Waals surface area (Å²) in [6.45, 7) is 6.14. The number of benzene rings is 1. The molecule has 0 radical (unpaired) electrons. The van der Waals surface area contributed by atoms with Crippen LogP contribution in [0.5, 0.6) is 0 Å². The number of amides is 2. The van der Waals surface area contributed by atoms with Crippen LogP contribution in [0.1, 0.15) is 19.8 Å². The number of cyclic esters (lactones) is 1. The number of halogens is 2. The van der Waals surface area contributed by atoms with Crippen LogP contribution in [0.3, 0.4) is 0 Å². The molecule has 2 heterocycles. The fourth-order valence-corrected chi connectivity index (χ4v) is 4.02. The third-order valence-corrected chi connectivity index (χ3v) is 5.75. The number of nitrogens with zero attached hydrogens (tertiary/aromatic N) is 3. The summed E-state index contributed by atoms with van der Waals surface area (Å²) in [6.07, 6.45) is 2.07. The maximum atomic E-state index is 15.0. The Kier molecular flexibility index (Phi) is 5.55. The maximum Gasteiger partial charge on any atom is 0.414 e. The Hall–Kier alpha value is -3.17. The van der Waals surface area contributed by atoms with E-state index in [2.05, 4.69) is 17.1 Å². The second kappa shape index (κ2) is 8.16. The molecule has 4 rings (SSSR count). The van der Waals surface area contributed by atoms with Crippen LogP contribution in [-0.4, -0.2) is 56.6 Å². The van der Waals surface area contributed by atoms with Gasteiger partial charge in [-0.05, 0) is 12.8 Å². The van der Waals surface area contributed by atoms with Crippen molar-refractivity contribution in [2.24, 2.45) is 10.6 Å². The second-order valence-corrected chi connectivity index (χ2v) is 8.07. The Labute approximate surface area is 178 Å². The molecule has 3 fully saturated rings. The van der Waals surface area contributed by atoms with Crippen molar-refractivity contribution >= 4 is 29.1 Å². The highest BCUT2D eigenvalue weighted by molar-refractivity contribution is 5.99. The van der Waals surface area contributed by atoms with Crippen molar-refractivity contribution in [3.05, 3.63) is 36.4 Å². The molecular formula is C21H24F2N4O4. The zero-order chi connectivity index (χ0) is 22.2.